The summed E-state index contributed by atoms with van der Waals surface area (Å²) in [6.45, 7) is 7.36. The van der Waals surface area contributed by atoms with E-state index in [4.69, 9.17) is 0 Å². The average Bonchev–Trinajstić information content (AvgIpc) is 2.19. The molecule has 0 radical (unpaired) electrons. The highest BCUT2D eigenvalue weighted by Crippen LogP contribution is 2.27. The normalized spacial score (nSPS) is 37.6. The van der Waals surface area contributed by atoms with Crippen LogP contribution < -0.4 is 5.32 Å². The average molecular weight is 182 g/mol. The van der Waals surface area contributed by atoms with E-state index in [9.17, 15) is 0 Å². The van der Waals surface area contributed by atoms with Crippen LogP contribution >= 0.6 is 0 Å². The lowest BCUT2D eigenvalue weighted by atomic mass is 9.86. The van der Waals surface area contributed by atoms with Crippen molar-refractivity contribution < 1.29 is 0 Å². The third kappa shape index (κ3) is 2.44. The van der Waals surface area contributed by atoms with Crippen molar-refractivity contribution in [3.63, 3.8) is 0 Å². The summed E-state index contributed by atoms with van der Waals surface area (Å²) in [6, 6.07) is 0.908. The number of hydrogen-bond acceptors (Lipinski definition) is 2. The molecule has 1 saturated carbocycles. The third-order valence-electron chi connectivity index (χ3n) is 3.58. The van der Waals surface area contributed by atoms with Crippen LogP contribution in [0.3, 0.4) is 0 Å². The van der Waals surface area contributed by atoms with E-state index in [0.29, 0.717) is 0 Å². The Balaban J connectivity index is 1.83. The van der Waals surface area contributed by atoms with E-state index in [0.717, 1.165) is 12.0 Å². The monoisotopic (exact) mass is 182 g/mol. The minimum absolute atomic E-state index is 0.908. The minimum Gasteiger partial charge on any atom is -0.314 e. The van der Waals surface area contributed by atoms with Crippen molar-refractivity contribution in [2.75, 3.05) is 26.2 Å². The van der Waals surface area contributed by atoms with Crippen LogP contribution in [0.25, 0.3) is 0 Å². The zero-order chi connectivity index (χ0) is 9.10. The van der Waals surface area contributed by atoms with Gasteiger partial charge in [-0.2, -0.15) is 0 Å². The minimum atomic E-state index is 0.908. The second-order valence-electron chi connectivity index (χ2n) is 4.71. The Bertz CT molecular complexity index is 152. The summed E-state index contributed by atoms with van der Waals surface area (Å²) in [6.07, 6.45) is 5.81. The molecule has 1 aliphatic heterocycles. The molecular formula is C11H22N2. The van der Waals surface area contributed by atoms with Crippen molar-refractivity contribution in [2.24, 2.45) is 5.92 Å². The van der Waals surface area contributed by atoms with Crippen molar-refractivity contribution in [1.29, 1.82) is 0 Å². The molecule has 2 nitrogen and oxygen atoms in total. The van der Waals surface area contributed by atoms with Gasteiger partial charge in [0.05, 0.1) is 0 Å². The Morgan fingerprint density at radius 2 is 1.92 bits per heavy atom. The molecule has 1 saturated heterocycles. The molecule has 1 N–H and O–H groups in total. The summed E-state index contributed by atoms with van der Waals surface area (Å²) in [4.78, 5) is 2.70. The Morgan fingerprint density at radius 3 is 2.62 bits per heavy atom. The predicted molar refractivity (Wildman–Crippen MR) is 55.9 cm³/mol. The quantitative estimate of drug-likeness (QED) is 0.660. The van der Waals surface area contributed by atoms with Gasteiger partial charge in [0.15, 0.2) is 0 Å². The van der Waals surface area contributed by atoms with Crippen LogP contribution in [0.1, 0.15) is 32.6 Å². The molecule has 1 heterocycles. The smallest absolute Gasteiger partial charge is 0.0110 e. The molecule has 0 spiro atoms. The Hall–Kier alpha value is -0.0800. The first-order valence-corrected chi connectivity index (χ1v) is 5.81. The molecule has 1 aliphatic carbocycles. The fraction of sp³-hybridized carbons (Fsp3) is 1.00. The zero-order valence-electron chi connectivity index (χ0n) is 8.76. The molecule has 0 aromatic rings. The van der Waals surface area contributed by atoms with Gasteiger partial charge in [-0.25, -0.2) is 0 Å². The first kappa shape index (κ1) is 9.47. The van der Waals surface area contributed by atoms with Crippen LogP contribution in [0.4, 0.5) is 0 Å². The molecule has 0 aromatic heterocycles. The van der Waals surface area contributed by atoms with E-state index < -0.39 is 0 Å². The molecule has 0 amide bonds. The fourth-order valence-electron chi connectivity index (χ4n) is 2.78. The molecule has 2 atom stereocenters. The van der Waals surface area contributed by atoms with Crippen LogP contribution in [-0.2, 0) is 0 Å². The van der Waals surface area contributed by atoms with Gasteiger partial charge in [0.25, 0.3) is 0 Å². The van der Waals surface area contributed by atoms with Gasteiger partial charge in [0.1, 0.15) is 0 Å². The van der Waals surface area contributed by atoms with Crippen molar-refractivity contribution in [2.45, 2.75) is 38.6 Å². The standard InChI is InChI=1S/C11H22N2/c1-10-3-2-4-11(9-10)13-7-5-12-6-8-13/h10-12H,2-9H2,1H3. The number of hydrogen-bond donors (Lipinski definition) is 1. The van der Waals surface area contributed by atoms with Gasteiger partial charge >= 0.3 is 0 Å². The van der Waals surface area contributed by atoms with E-state index in [1.165, 1.54) is 51.9 Å². The highest BCUT2D eigenvalue weighted by molar-refractivity contribution is 4.81. The summed E-state index contributed by atoms with van der Waals surface area (Å²) in [5, 5.41) is 3.42. The SMILES string of the molecule is CC1CCCC(N2CCNCC2)C1. The van der Waals surface area contributed by atoms with E-state index in [2.05, 4.69) is 17.1 Å². The van der Waals surface area contributed by atoms with E-state index >= 15 is 0 Å². The van der Waals surface area contributed by atoms with Crippen LogP contribution in [0.5, 0.6) is 0 Å². The molecule has 2 heteroatoms. The van der Waals surface area contributed by atoms with E-state index in [1.54, 1.807) is 0 Å². The van der Waals surface area contributed by atoms with Crippen LogP contribution in [-0.4, -0.2) is 37.1 Å². The maximum absolute atomic E-state index is 3.42. The lowest BCUT2D eigenvalue weighted by molar-refractivity contribution is 0.120. The number of piperazine rings is 1. The van der Waals surface area contributed by atoms with E-state index in [-0.39, 0.29) is 0 Å². The van der Waals surface area contributed by atoms with Gasteiger partial charge in [-0.05, 0) is 18.8 Å². The predicted octanol–water partition coefficient (Wildman–Crippen LogP) is 1.47. The van der Waals surface area contributed by atoms with Gasteiger partial charge in [0.2, 0.25) is 0 Å². The molecule has 2 fully saturated rings. The molecule has 2 unspecified atom stereocenters. The first-order valence-electron chi connectivity index (χ1n) is 5.81. The topological polar surface area (TPSA) is 15.3 Å². The number of nitrogens with one attached hydrogen (secondary N) is 1. The number of nitrogens with zero attached hydrogens (tertiary/aromatic N) is 1. The number of rotatable bonds is 1. The molecule has 2 aliphatic rings. The highest BCUT2D eigenvalue weighted by Gasteiger charge is 2.25. The van der Waals surface area contributed by atoms with Crippen molar-refractivity contribution in [1.82, 2.24) is 10.2 Å². The maximum Gasteiger partial charge on any atom is 0.0110 e. The molecule has 76 valence electrons. The van der Waals surface area contributed by atoms with Crippen molar-refractivity contribution >= 4 is 0 Å². The highest BCUT2D eigenvalue weighted by atomic mass is 15.2. The van der Waals surface area contributed by atoms with Crippen LogP contribution in [0.2, 0.25) is 0 Å². The van der Waals surface area contributed by atoms with Gasteiger partial charge in [0, 0.05) is 32.2 Å². The van der Waals surface area contributed by atoms with Crippen LogP contribution in [0, 0.1) is 5.92 Å². The lowest BCUT2D eigenvalue weighted by Crippen LogP contribution is -2.49. The third-order valence-corrected chi connectivity index (χ3v) is 3.58. The second-order valence-corrected chi connectivity index (χ2v) is 4.71. The summed E-state index contributed by atoms with van der Waals surface area (Å²) >= 11 is 0. The molecular weight excluding hydrogens is 160 g/mol. The van der Waals surface area contributed by atoms with Crippen LogP contribution in [0.15, 0.2) is 0 Å². The summed E-state index contributed by atoms with van der Waals surface area (Å²) in [5.74, 6) is 0.966. The maximum atomic E-state index is 3.42. The van der Waals surface area contributed by atoms with E-state index in [1.807, 2.05) is 0 Å². The molecule has 0 aromatic carbocycles. The summed E-state index contributed by atoms with van der Waals surface area (Å²) in [5.41, 5.74) is 0. The molecule has 2 rings (SSSR count). The van der Waals surface area contributed by atoms with Crippen molar-refractivity contribution in [3.8, 4) is 0 Å². The van der Waals surface area contributed by atoms with Gasteiger partial charge < -0.3 is 5.32 Å². The Morgan fingerprint density at radius 1 is 1.15 bits per heavy atom. The van der Waals surface area contributed by atoms with Gasteiger partial charge in [-0.3, -0.25) is 4.90 Å². The lowest BCUT2D eigenvalue weighted by Gasteiger charge is -2.38. The first-order chi connectivity index (χ1) is 6.36. The van der Waals surface area contributed by atoms with Gasteiger partial charge in [-0.1, -0.05) is 19.8 Å². The fourth-order valence-corrected chi connectivity index (χ4v) is 2.78. The van der Waals surface area contributed by atoms with Crippen molar-refractivity contribution in [3.05, 3.63) is 0 Å². The summed E-state index contributed by atoms with van der Waals surface area (Å²) < 4.78 is 0. The molecule has 13 heavy (non-hydrogen) atoms. The zero-order valence-corrected chi connectivity index (χ0v) is 8.76. The summed E-state index contributed by atoms with van der Waals surface area (Å²) in [7, 11) is 0. The Kier molecular flexibility index (Phi) is 3.23. The van der Waals surface area contributed by atoms with Gasteiger partial charge in [-0.15, -0.1) is 0 Å². The second kappa shape index (κ2) is 4.43. The Labute approximate surface area is 81.7 Å². The largest absolute Gasteiger partial charge is 0.314 e. The molecule has 0 bridgehead atoms.